The summed E-state index contributed by atoms with van der Waals surface area (Å²) in [6, 6.07) is 3.92. The first-order valence-corrected chi connectivity index (χ1v) is 8.55. The lowest BCUT2D eigenvalue weighted by molar-refractivity contribution is -0.133. The van der Waals surface area contributed by atoms with Crippen molar-refractivity contribution in [1.82, 2.24) is 15.0 Å². The van der Waals surface area contributed by atoms with Gasteiger partial charge in [-0.2, -0.15) is 0 Å². The molecule has 1 aliphatic heterocycles. The fraction of sp³-hybridized carbons (Fsp3) is 0.526. The highest BCUT2D eigenvalue weighted by molar-refractivity contribution is 5.57. The first kappa shape index (κ1) is 17.6. The predicted molar refractivity (Wildman–Crippen MR) is 99.0 cm³/mol. The van der Waals surface area contributed by atoms with E-state index in [4.69, 9.17) is 4.74 Å². The van der Waals surface area contributed by atoms with Gasteiger partial charge in [0.25, 0.3) is 5.56 Å². The lowest BCUT2D eigenvalue weighted by atomic mass is 9.99. The van der Waals surface area contributed by atoms with Gasteiger partial charge in [0.15, 0.2) is 0 Å². The van der Waals surface area contributed by atoms with Crippen molar-refractivity contribution in [2.75, 3.05) is 18.0 Å². The monoisotopic (exact) mass is 342 g/mol. The Morgan fingerprint density at radius 2 is 1.76 bits per heavy atom. The van der Waals surface area contributed by atoms with E-state index in [0.29, 0.717) is 11.4 Å². The van der Waals surface area contributed by atoms with E-state index in [1.165, 1.54) is 0 Å². The van der Waals surface area contributed by atoms with Crippen molar-refractivity contribution in [3.8, 4) is 11.4 Å². The largest absolute Gasteiger partial charge is 0.366 e. The number of hydrogen-bond acceptors (Lipinski definition) is 5. The van der Waals surface area contributed by atoms with Crippen molar-refractivity contribution in [3.05, 3.63) is 39.9 Å². The smallest absolute Gasteiger partial charge is 0.254 e. The molecule has 3 heterocycles. The summed E-state index contributed by atoms with van der Waals surface area (Å²) in [5, 5.41) is 0. The zero-order valence-corrected chi connectivity index (χ0v) is 15.8. The standard InChI is InChI=1S/C19H26N4O2/c1-12-13(2)21-16(22-17(12)24)14-7-8-15(20-9-14)23-10-18(3,4)25-19(5,6)11-23/h7-9H,10-11H2,1-6H3,(H,21,22,24). The summed E-state index contributed by atoms with van der Waals surface area (Å²) in [4.78, 5) is 26.1. The number of ether oxygens (including phenoxy) is 1. The molecule has 2 aromatic rings. The number of nitrogens with zero attached hydrogens (tertiary/aromatic N) is 3. The maximum Gasteiger partial charge on any atom is 0.254 e. The Morgan fingerprint density at radius 3 is 2.28 bits per heavy atom. The van der Waals surface area contributed by atoms with Crippen LogP contribution in [0.3, 0.4) is 0 Å². The summed E-state index contributed by atoms with van der Waals surface area (Å²) in [5.41, 5.74) is 1.61. The van der Waals surface area contributed by atoms with Crippen molar-refractivity contribution < 1.29 is 4.74 Å². The number of morpholine rings is 1. The SMILES string of the molecule is Cc1nc(-c2ccc(N3CC(C)(C)OC(C)(C)C3)nc2)[nH]c(=O)c1C. The van der Waals surface area contributed by atoms with Crippen LogP contribution in [0.25, 0.3) is 11.4 Å². The summed E-state index contributed by atoms with van der Waals surface area (Å²) in [5.74, 6) is 1.45. The van der Waals surface area contributed by atoms with Gasteiger partial charge in [-0.3, -0.25) is 4.79 Å². The summed E-state index contributed by atoms with van der Waals surface area (Å²) in [6.07, 6.45) is 1.76. The molecule has 6 nitrogen and oxygen atoms in total. The van der Waals surface area contributed by atoms with Crippen LogP contribution in [0.15, 0.2) is 23.1 Å². The van der Waals surface area contributed by atoms with Gasteiger partial charge in [-0.05, 0) is 53.7 Å². The van der Waals surface area contributed by atoms with Crippen LogP contribution >= 0.6 is 0 Å². The van der Waals surface area contributed by atoms with Gasteiger partial charge in [-0.1, -0.05) is 0 Å². The maximum atomic E-state index is 12.0. The van der Waals surface area contributed by atoms with Crippen LogP contribution in [0.2, 0.25) is 0 Å². The van der Waals surface area contributed by atoms with Gasteiger partial charge in [0, 0.05) is 36.1 Å². The van der Waals surface area contributed by atoms with E-state index >= 15 is 0 Å². The molecule has 1 aliphatic rings. The molecule has 0 amide bonds. The van der Waals surface area contributed by atoms with Crippen LogP contribution in [-0.2, 0) is 4.74 Å². The van der Waals surface area contributed by atoms with E-state index in [1.807, 2.05) is 19.1 Å². The molecule has 0 atom stereocenters. The van der Waals surface area contributed by atoms with Gasteiger partial charge < -0.3 is 14.6 Å². The molecule has 0 aromatic carbocycles. The Balaban J connectivity index is 1.89. The average Bonchev–Trinajstić information content (AvgIpc) is 2.49. The van der Waals surface area contributed by atoms with E-state index < -0.39 is 0 Å². The number of hydrogen-bond donors (Lipinski definition) is 1. The normalized spacial score (nSPS) is 19.0. The molecule has 1 N–H and O–H groups in total. The molecule has 2 aromatic heterocycles. The second-order valence-corrected chi connectivity index (χ2v) is 8.01. The van der Waals surface area contributed by atoms with Crippen LogP contribution in [0, 0.1) is 13.8 Å². The molecule has 6 heteroatoms. The molecule has 0 radical (unpaired) electrons. The Morgan fingerprint density at radius 1 is 1.12 bits per heavy atom. The first-order chi connectivity index (χ1) is 11.6. The molecule has 0 bridgehead atoms. The number of aryl methyl sites for hydroxylation is 1. The Hall–Kier alpha value is -2.21. The van der Waals surface area contributed by atoms with Gasteiger partial charge in [0.2, 0.25) is 0 Å². The third-order valence-corrected chi connectivity index (χ3v) is 4.44. The molecular weight excluding hydrogens is 316 g/mol. The zero-order chi connectivity index (χ0) is 18.4. The second-order valence-electron chi connectivity index (χ2n) is 8.01. The lowest BCUT2D eigenvalue weighted by Gasteiger charge is -2.47. The van der Waals surface area contributed by atoms with E-state index in [9.17, 15) is 4.79 Å². The third kappa shape index (κ3) is 3.74. The van der Waals surface area contributed by atoms with Crippen molar-refractivity contribution in [2.24, 2.45) is 0 Å². The Labute approximate surface area is 148 Å². The third-order valence-electron chi connectivity index (χ3n) is 4.44. The minimum Gasteiger partial charge on any atom is -0.366 e. The van der Waals surface area contributed by atoms with E-state index in [2.05, 4.69) is 47.5 Å². The van der Waals surface area contributed by atoms with Crippen LogP contribution < -0.4 is 10.5 Å². The van der Waals surface area contributed by atoms with Gasteiger partial charge in [-0.15, -0.1) is 0 Å². The summed E-state index contributed by atoms with van der Waals surface area (Å²) < 4.78 is 6.12. The van der Waals surface area contributed by atoms with Crippen molar-refractivity contribution in [2.45, 2.75) is 52.7 Å². The first-order valence-electron chi connectivity index (χ1n) is 8.55. The fourth-order valence-electron chi connectivity index (χ4n) is 3.44. The lowest BCUT2D eigenvalue weighted by Crippen LogP contribution is -2.57. The number of nitrogens with one attached hydrogen (secondary N) is 1. The number of aromatic nitrogens is 3. The summed E-state index contributed by atoms with van der Waals surface area (Å²) in [7, 11) is 0. The highest BCUT2D eigenvalue weighted by Gasteiger charge is 2.38. The number of aromatic amines is 1. The van der Waals surface area contributed by atoms with Crippen LogP contribution in [0.1, 0.15) is 39.0 Å². The topological polar surface area (TPSA) is 71.1 Å². The minimum atomic E-state index is -0.233. The number of rotatable bonds is 2. The van der Waals surface area contributed by atoms with Crippen LogP contribution in [0.4, 0.5) is 5.82 Å². The predicted octanol–water partition coefficient (Wildman–Crippen LogP) is 2.84. The Kier molecular flexibility index (Phi) is 4.19. The van der Waals surface area contributed by atoms with Crippen molar-refractivity contribution in [3.63, 3.8) is 0 Å². The average molecular weight is 342 g/mol. The quantitative estimate of drug-likeness (QED) is 0.909. The molecule has 25 heavy (non-hydrogen) atoms. The highest BCUT2D eigenvalue weighted by atomic mass is 16.5. The van der Waals surface area contributed by atoms with Gasteiger partial charge in [0.05, 0.1) is 11.2 Å². The molecule has 1 fully saturated rings. The zero-order valence-electron chi connectivity index (χ0n) is 15.8. The Bertz CT molecular complexity index is 821. The number of H-pyrrole nitrogens is 1. The molecule has 134 valence electrons. The highest BCUT2D eigenvalue weighted by Crippen LogP contribution is 2.31. The minimum absolute atomic E-state index is 0.108. The molecule has 0 spiro atoms. The summed E-state index contributed by atoms with van der Waals surface area (Å²) >= 11 is 0. The fourth-order valence-corrected chi connectivity index (χ4v) is 3.44. The molecule has 3 rings (SSSR count). The molecule has 1 saturated heterocycles. The molecular formula is C19H26N4O2. The molecule has 0 unspecified atom stereocenters. The van der Waals surface area contributed by atoms with Crippen molar-refractivity contribution >= 4 is 5.82 Å². The molecule has 0 saturated carbocycles. The summed E-state index contributed by atoms with van der Waals surface area (Å²) in [6.45, 7) is 13.6. The van der Waals surface area contributed by atoms with Gasteiger partial charge >= 0.3 is 0 Å². The van der Waals surface area contributed by atoms with E-state index in [-0.39, 0.29) is 16.8 Å². The van der Waals surface area contributed by atoms with Gasteiger partial charge in [0.1, 0.15) is 11.6 Å². The molecule has 0 aliphatic carbocycles. The maximum absolute atomic E-state index is 12.0. The van der Waals surface area contributed by atoms with Crippen LogP contribution in [0.5, 0.6) is 0 Å². The number of anilines is 1. The van der Waals surface area contributed by atoms with E-state index in [1.54, 1.807) is 13.1 Å². The van der Waals surface area contributed by atoms with Crippen LogP contribution in [-0.4, -0.2) is 39.2 Å². The van der Waals surface area contributed by atoms with E-state index in [0.717, 1.165) is 30.2 Å². The second kappa shape index (κ2) is 5.95. The van der Waals surface area contributed by atoms with Gasteiger partial charge in [-0.25, -0.2) is 9.97 Å². The number of pyridine rings is 1. The van der Waals surface area contributed by atoms with Crippen molar-refractivity contribution in [1.29, 1.82) is 0 Å².